The van der Waals surface area contributed by atoms with Crippen molar-refractivity contribution >= 4 is 17.5 Å². The minimum Gasteiger partial charge on any atom is -0.346 e. The second kappa shape index (κ2) is 5.88. The number of allylic oxidation sites excluding steroid dienone is 2. The summed E-state index contributed by atoms with van der Waals surface area (Å²) in [7, 11) is 0. The number of thioether (sulfide) groups is 1. The smallest absolute Gasteiger partial charge is 0.191 e. The van der Waals surface area contributed by atoms with E-state index in [4.69, 9.17) is 0 Å². The molecule has 1 heterocycles. The van der Waals surface area contributed by atoms with Crippen LogP contribution in [-0.2, 0) is 0 Å². The van der Waals surface area contributed by atoms with Crippen molar-refractivity contribution < 1.29 is 4.79 Å². The van der Waals surface area contributed by atoms with Crippen molar-refractivity contribution in [2.75, 3.05) is 6.26 Å². The Balaban J connectivity index is 2.31. The third-order valence-corrected chi connectivity index (χ3v) is 4.41. The molecule has 1 aromatic carbocycles. The minimum absolute atomic E-state index is 0.124. The number of carbonyl (C=O) groups excluding carboxylic acids is 1. The van der Waals surface area contributed by atoms with E-state index in [-0.39, 0.29) is 5.78 Å². The lowest BCUT2D eigenvalue weighted by molar-refractivity contribution is 0.103. The molecule has 0 unspecified atom stereocenters. The molecular formula is C17H21NOS. The summed E-state index contributed by atoms with van der Waals surface area (Å²) in [6.45, 7) is 10.3. The van der Waals surface area contributed by atoms with Crippen LogP contribution in [0.5, 0.6) is 0 Å². The van der Waals surface area contributed by atoms with E-state index >= 15 is 0 Å². The van der Waals surface area contributed by atoms with Gasteiger partial charge >= 0.3 is 0 Å². The molecule has 0 spiro atoms. The van der Waals surface area contributed by atoms with Crippen LogP contribution in [0.25, 0.3) is 0 Å². The fourth-order valence-electron chi connectivity index (χ4n) is 2.71. The first kappa shape index (κ1) is 14.9. The summed E-state index contributed by atoms with van der Waals surface area (Å²) >= 11 is 1.68. The number of rotatable bonds is 4. The number of hydrogen-bond donors (Lipinski definition) is 0. The molecule has 0 atom stereocenters. The van der Waals surface area contributed by atoms with Gasteiger partial charge in [-0.2, -0.15) is 0 Å². The van der Waals surface area contributed by atoms with Crippen molar-refractivity contribution in [3.8, 4) is 0 Å². The van der Waals surface area contributed by atoms with E-state index in [1.807, 2.05) is 37.4 Å². The molecule has 0 bridgehead atoms. The Kier molecular flexibility index (Phi) is 4.39. The Bertz CT molecular complexity index is 569. The van der Waals surface area contributed by atoms with Gasteiger partial charge in [-0.3, -0.25) is 4.79 Å². The molecule has 1 aromatic rings. The van der Waals surface area contributed by atoms with Crippen molar-refractivity contribution in [2.24, 2.45) is 0 Å². The second-order valence-electron chi connectivity index (χ2n) is 5.33. The quantitative estimate of drug-likeness (QED) is 0.601. The fourth-order valence-corrected chi connectivity index (χ4v) is 3.12. The highest BCUT2D eigenvalue weighted by Crippen LogP contribution is 2.34. The molecule has 0 saturated heterocycles. The maximum absolute atomic E-state index is 12.6. The number of carbonyl (C=O) groups is 1. The van der Waals surface area contributed by atoms with Gasteiger partial charge in [-0.25, -0.2) is 0 Å². The van der Waals surface area contributed by atoms with E-state index in [1.54, 1.807) is 11.8 Å². The molecule has 3 heteroatoms. The molecule has 0 fully saturated rings. The van der Waals surface area contributed by atoms with Gasteiger partial charge in [-0.15, -0.1) is 11.8 Å². The van der Waals surface area contributed by atoms with Crippen LogP contribution in [0, 0.1) is 0 Å². The van der Waals surface area contributed by atoms with Gasteiger partial charge in [0, 0.05) is 39.9 Å². The zero-order valence-electron chi connectivity index (χ0n) is 12.6. The Hall–Kier alpha value is -1.48. The normalized spacial score (nSPS) is 15.4. The summed E-state index contributed by atoms with van der Waals surface area (Å²) in [6.07, 6.45) is 2.69. The lowest BCUT2D eigenvalue weighted by atomic mass is 10.0. The van der Waals surface area contributed by atoms with E-state index in [0.717, 1.165) is 22.5 Å². The lowest BCUT2D eigenvalue weighted by Crippen LogP contribution is -2.24. The SMILES string of the molecule is C=C1CC(C(=O)c2ccc(SC)cc2)=C(C)N1C(C)C. The third-order valence-electron chi connectivity index (χ3n) is 3.66. The first-order valence-electron chi connectivity index (χ1n) is 6.81. The highest BCUT2D eigenvalue weighted by molar-refractivity contribution is 7.98. The molecule has 0 amide bonds. The lowest BCUT2D eigenvalue weighted by Gasteiger charge is -2.26. The van der Waals surface area contributed by atoms with Gasteiger partial charge in [0.05, 0.1) is 0 Å². The van der Waals surface area contributed by atoms with Gasteiger partial charge in [0.2, 0.25) is 0 Å². The van der Waals surface area contributed by atoms with Crippen molar-refractivity contribution in [3.05, 3.63) is 53.4 Å². The average molecular weight is 287 g/mol. The molecule has 0 N–H and O–H groups in total. The van der Waals surface area contributed by atoms with E-state index in [9.17, 15) is 4.79 Å². The van der Waals surface area contributed by atoms with E-state index in [1.165, 1.54) is 4.90 Å². The number of benzene rings is 1. The molecule has 0 radical (unpaired) electrons. The molecule has 1 aliphatic rings. The van der Waals surface area contributed by atoms with Crippen LogP contribution in [0.2, 0.25) is 0 Å². The van der Waals surface area contributed by atoms with Gasteiger partial charge in [0.15, 0.2) is 5.78 Å². The van der Waals surface area contributed by atoms with Gasteiger partial charge in [0.25, 0.3) is 0 Å². The first-order valence-corrected chi connectivity index (χ1v) is 8.03. The van der Waals surface area contributed by atoms with Gasteiger partial charge < -0.3 is 4.90 Å². The van der Waals surface area contributed by atoms with Crippen molar-refractivity contribution in [2.45, 2.75) is 38.1 Å². The third kappa shape index (κ3) is 2.68. The summed E-state index contributed by atoms with van der Waals surface area (Å²) in [5, 5.41) is 0. The van der Waals surface area contributed by atoms with Crippen LogP contribution < -0.4 is 0 Å². The zero-order valence-corrected chi connectivity index (χ0v) is 13.4. The molecule has 0 aliphatic carbocycles. The highest BCUT2D eigenvalue weighted by atomic mass is 32.2. The van der Waals surface area contributed by atoms with Crippen molar-refractivity contribution in [3.63, 3.8) is 0 Å². The highest BCUT2D eigenvalue weighted by Gasteiger charge is 2.29. The number of ketones is 1. The van der Waals surface area contributed by atoms with E-state index in [0.29, 0.717) is 12.5 Å². The summed E-state index contributed by atoms with van der Waals surface area (Å²) in [5.41, 5.74) is 3.70. The first-order chi connectivity index (χ1) is 9.45. The molecular weight excluding hydrogens is 266 g/mol. The zero-order chi connectivity index (χ0) is 14.9. The average Bonchev–Trinajstić information content (AvgIpc) is 2.73. The fraction of sp³-hybridized carbons (Fsp3) is 0.353. The Labute approximate surface area is 125 Å². The number of nitrogens with zero attached hydrogens (tertiary/aromatic N) is 1. The van der Waals surface area contributed by atoms with Crippen LogP contribution in [0.1, 0.15) is 37.6 Å². The van der Waals surface area contributed by atoms with E-state index < -0.39 is 0 Å². The van der Waals surface area contributed by atoms with Gasteiger partial charge in [-0.05, 0) is 51.3 Å². The van der Waals surface area contributed by atoms with Crippen molar-refractivity contribution in [1.29, 1.82) is 0 Å². The molecule has 106 valence electrons. The molecule has 20 heavy (non-hydrogen) atoms. The number of hydrogen-bond acceptors (Lipinski definition) is 3. The second-order valence-corrected chi connectivity index (χ2v) is 6.21. The molecule has 0 saturated carbocycles. The Morgan fingerprint density at radius 3 is 2.35 bits per heavy atom. The van der Waals surface area contributed by atoms with Crippen LogP contribution >= 0.6 is 11.8 Å². The summed E-state index contributed by atoms with van der Waals surface area (Å²) in [6, 6.07) is 8.16. The standard InChI is InChI=1S/C17H21NOS/c1-11(2)18-12(3)10-16(13(18)4)17(19)14-6-8-15(20-5)9-7-14/h6-9,11H,3,10H2,1-2,4-5H3. The topological polar surface area (TPSA) is 20.3 Å². The Morgan fingerprint density at radius 2 is 1.90 bits per heavy atom. The molecule has 1 aliphatic heterocycles. The van der Waals surface area contributed by atoms with Crippen LogP contribution in [0.4, 0.5) is 0 Å². The molecule has 2 nitrogen and oxygen atoms in total. The maximum atomic E-state index is 12.6. The minimum atomic E-state index is 0.124. The van der Waals surface area contributed by atoms with Crippen molar-refractivity contribution in [1.82, 2.24) is 4.90 Å². The van der Waals surface area contributed by atoms with Crippen LogP contribution in [-0.4, -0.2) is 23.0 Å². The summed E-state index contributed by atoms with van der Waals surface area (Å²) in [5.74, 6) is 0.124. The van der Waals surface area contributed by atoms with Crippen LogP contribution in [0.15, 0.2) is 52.7 Å². The molecule has 0 aromatic heterocycles. The van der Waals surface area contributed by atoms with Crippen LogP contribution in [0.3, 0.4) is 0 Å². The van der Waals surface area contributed by atoms with Gasteiger partial charge in [-0.1, -0.05) is 6.58 Å². The molecule has 2 rings (SSSR count). The predicted molar refractivity (Wildman–Crippen MR) is 86.0 cm³/mol. The largest absolute Gasteiger partial charge is 0.346 e. The van der Waals surface area contributed by atoms with E-state index in [2.05, 4.69) is 25.3 Å². The van der Waals surface area contributed by atoms with Gasteiger partial charge in [0.1, 0.15) is 0 Å². The number of Topliss-reactive ketones (excluding diaryl/α,β-unsaturated/α-hetero) is 1. The summed E-state index contributed by atoms with van der Waals surface area (Å²) < 4.78 is 0. The maximum Gasteiger partial charge on any atom is 0.191 e. The summed E-state index contributed by atoms with van der Waals surface area (Å²) in [4.78, 5) is 16.0. The monoisotopic (exact) mass is 287 g/mol. The Morgan fingerprint density at radius 1 is 1.30 bits per heavy atom. The predicted octanol–water partition coefficient (Wildman–Crippen LogP) is 4.49.